The van der Waals surface area contributed by atoms with Gasteiger partial charge in [0.2, 0.25) is 0 Å². The fourth-order valence-electron chi connectivity index (χ4n) is 3.90. The number of carbonyl (C=O) groups is 1. The lowest BCUT2D eigenvalue weighted by Crippen LogP contribution is -2.78. The first kappa shape index (κ1) is 14.9. The molecule has 0 saturated carbocycles. The van der Waals surface area contributed by atoms with Gasteiger partial charge in [-0.1, -0.05) is 51.1 Å². The summed E-state index contributed by atoms with van der Waals surface area (Å²) in [7, 11) is -5.05. The molecular formula is C13H26OSi3. The van der Waals surface area contributed by atoms with Gasteiger partial charge in [0.25, 0.3) is 0 Å². The number of carbonyl (C=O) groups excluding carboxylic acids is 1. The molecule has 0 aromatic heterocycles. The van der Waals surface area contributed by atoms with Gasteiger partial charge in [0.05, 0.1) is 15.2 Å². The van der Waals surface area contributed by atoms with Crippen LogP contribution in [-0.4, -0.2) is 27.7 Å². The minimum absolute atomic E-state index is 0.465. The maximum atomic E-state index is 12.9. The average Bonchev–Trinajstić information content (AvgIpc) is 2.08. The highest BCUT2D eigenvalue weighted by Crippen LogP contribution is 2.42. The average molecular weight is 283 g/mol. The van der Waals surface area contributed by atoms with E-state index >= 15 is 0 Å². The molecule has 0 aromatic carbocycles. The fraction of sp³-hybridized carbons (Fsp3) is 0.615. The van der Waals surface area contributed by atoms with Gasteiger partial charge in [-0.2, -0.15) is 0 Å². The van der Waals surface area contributed by atoms with Crippen LogP contribution < -0.4 is 0 Å². The lowest BCUT2D eigenvalue weighted by Gasteiger charge is -2.52. The minimum Gasteiger partial charge on any atom is -0.301 e. The normalized spacial score (nSPS) is 21.9. The Labute approximate surface area is 109 Å². The molecule has 17 heavy (non-hydrogen) atoms. The molecule has 0 atom stereocenters. The third kappa shape index (κ3) is 2.00. The topological polar surface area (TPSA) is 17.1 Å². The SMILES string of the molecule is C=C1CCC(=C)[Si]([Si](C)(C)C)([Si](C)(C)C)C1=O. The second-order valence-electron chi connectivity index (χ2n) is 7.29. The Bertz CT molecular complexity index is 368. The van der Waals surface area contributed by atoms with Gasteiger partial charge >= 0.3 is 0 Å². The van der Waals surface area contributed by atoms with E-state index in [-0.39, 0.29) is 0 Å². The molecule has 1 saturated heterocycles. The van der Waals surface area contributed by atoms with Crippen molar-refractivity contribution in [3.05, 3.63) is 23.9 Å². The first-order valence-corrected chi connectivity index (χ1v) is 17.4. The summed E-state index contributed by atoms with van der Waals surface area (Å²) in [6.45, 7) is 22.6. The Morgan fingerprint density at radius 1 is 0.941 bits per heavy atom. The predicted octanol–water partition coefficient (Wildman–Crippen LogP) is 3.82. The molecule has 0 bridgehead atoms. The number of hydrogen-bond donors (Lipinski definition) is 0. The first-order valence-electron chi connectivity index (χ1n) is 6.37. The van der Waals surface area contributed by atoms with E-state index in [1.165, 1.54) is 5.20 Å². The standard InChI is InChI=1S/C13H26OSi3/c1-11-9-10-12(2)17(13(11)14,15(3,4)5)16(6,7)8/h1-2,9-10H2,3-8H3. The van der Waals surface area contributed by atoms with Crippen molar-refractivity contribution in [3.8, 4) is 0 Å². The van der Waals surface area contributed by atoms with Crippen LogP contribution in [0, 0.1) is 0 Å². The van der Waals surface area contributed by atoms with Crippen LogP contribution >= 0.6 is 0 Å². The van der Waals surface area contributed by atoms with E-state index in [0.29, 0.717) is 5.41 Å². The van der Waals surface area contributed by atoms with Crippen molar-refractivity contribution in [1.29, 1.82) is 0 Å². The van der Waals surface area contributed by atoms with Crippen LogP contribution in [-0.2, 0) is 4.79 Å². The molecule has 1 heterocycles. The second kappa shape index (κ2) is 4.17. The Balaban J connectivity index is 3.56. The van der Waals surface area contributed by atoms with Crippen molar-refractivity contribution in [2.45, 2.75) is 52.1 Å². The molecule has 1 nitrogen and oxygen atoms in total. The van der Waals surface area contributed by atoms with Crippen LogP contribution in [0.15, 0.2) is 23.9 Å². The zero-order valence-corrected chi connectivity index (χ0v) is 15.2. The van der Waals surface area contributed by atoms with Crippen molar-refractivity contribution in [2.24, 2.45) is 0 Å². The minimum atomic E-state index is -2.01. The van der Waals surface area contributed by atoms with Gasteiger partial charge in [0, 0.05) is 0 Å². The lowest BCUT2D eigenvalue weighted by atomic mass is 10.2. The molecule has 0 aliphatic carbocycles. The maximum absolute atomic E-state index is 12.9. The van der Waals surface area contributed by atoms with Crippen LogP contribution in [0.5, 0.6) is 0 Å². The molecule has 0 N–H and O–H groups in total. The quantitative estimate of drug-likeness (QED) is 0.556. The summed E-state index contributed by atoms with van der Waals surface area (Å²) in [5.41, 5.74) is 0.897. The molecular weight excluding hydrogens is 256 g/mol. The van der Waals surface area contributed by atoms with Crippen molar-refractivity contribution >= 4 is 27.7 Å². The highest BCUT2D eigenvalue weighted by atomic mass is 29.6. The molecule has 0 unspecified atom stereocenters. The van der Waals surface area contributed by atoms with E-state index in [1.807, 2.05) is 0 Å². The Hall–Kier alpha value is -0.199. The van der Waals surface area contributed by atoms with Crippen LogP contribution in [0.3, 0.4) is 0 Å². The van der Waals surface area contributed by atoms with Gasteiger partial charge in [0.15, 0.2) is 0 Å². The predicted molar refractivity (Wildman–Crippen MR) is 85.0 cm³/mol. The molecule has 96 valence electrons. The molecule has 0 spiro atoms. The van der Waals surface area contributed by atoms with Crippen molar-refractivity contribution in [1.82, 2.24) is 0 Å². The van der Waals surface area contributed by atoms with Crippen molar-refractivity contribution < 1.29 is 4.79 Å². The van der Waals surface area contributed by atoms with Gasteiger partial charge in [0.1, 0.15) is 12.5 Å². The molecule has 0 amide bonds. The van der Waals surface area contributed by atoms with Gasteiger partial charge in [-0.15, -0.1) is 6.58 Å². The van der Waals surface area contributed by atoms with Gasteiger partial charge in [-0.05, 0) is 18.4 Å². The zero-order chi connectivity index (χ0) is 13.6. The first-order chi connectivity index (χ1) is 7.46. The molecule has 0 radical (unpaired) electrons. The molecule has 1 fully saturated rings. The van der Waals surface area contributed by atoms with E-state index < -0.39 is 22.3 Å². The highest BCUT2D eigenvalue weighted by molar-refractivity contribution is 7.80. The van der Waals surface area contributed by atoms with E-state index in [2.05, 4.69) is 52.4 Å². The molecule has 1 rings (SSSR count). The van der Waals surface area contributed by atoms with Crippen molar-refractivity contribution in [3.63, 3.8) is 0 Å². The van der Waals surface area contributed by atoms with Crippen molar-refractivity contribution in [2.75, 3.05) is 0 Å². The van der Waals surface area contributed by atoms with E-state index in [4.69, 9.17) is 0 Å². The summed E-state index contributed by atoms with van der Waals surface area (Å²) in [6.07, 6.45) is 1.87. The van der Waals surface area contributed by atoms with Gasteiger partial charge in [-0.3, -0.25) is 0 Å². The van der Waals surface area contributed by atoms with Crippen LogP contribution in [0.2, 0.25) is 39.3 Å². The smallest absolute Gasteiger partial charge is 0.147 e. The Morgan fingerprint density at radius 3 is 1.65 bits per heavy atom. The summed E-state index contributed by atoms with van der Waals surface area (Å²) in [6, 6.07) is 0. The highest BCUT2D eigenvalue weighted by Gasteiger charge is 2.62. The summed E-state index contributed by atoms with van der Waals surface area (Å²) in [4.78, 5) is 12.9. The maximum Gasteiger partial charge on any atom is 0.147 e. The summed E-state index contributed by atoms with van der Waals surface area (Å²) >= 11 is 0. The molecule has 1 aliphatic heterocycles. The van der Waals surface area contributed by atoms with E-state index in [0.717, 1.165) is 18.4 Å². The van der Waals surface area contributed by atoms with Gasteiger partial charge in [-0.25, -0.2) is 0 Å². The van der Waals surface area contributed by atoms with Crippen LogP contribution in [0.1, 0.15) is 12.8 Å². The molecule has 4 heteroatoms. The van der Waals surface area contributed by atoms with E-state index in [1.54, 1.807) is 0 Å². The van der Waals surface area contributed by atoms with Gasteiger partial charge < -0.3 is 4.79 Å². The van der Waals surface area contributed by atoms with E-state index in [9.17, 15) is 4.79 Å². The molecule has 0 aromatic rings. The Morgan fingerprint density at radius 2 is 1.35 bits per heavy atom. The third-order valence-corrected chi connectivity index (χ3v) is 41.5. The Kier molecular flexibility index (Phi) is 3.65. The largest absolute Gasteiger partial charge is 0.301 e. The summed E-state index contributed by atoms with van der Waals surface area (Å²) < 4.78 is 0. The monoisotopic (exact) mass is 282 g/mol. The van der Waals surface area contributed by atoms with Crippen LogP contribution in [0.4, 0.5) is 0 Å². The molecule has 1 aliphatic rings. The number of hydrogen-bond acceptors (Lipinski definition) is 1. The number of rotatable bonds is 2. The third-order valence-electron chi connectivity index (χ3n) is 4.17. The fourth-order valence-corrected chi connectivity index (χ4v) is 50.4. The second-order valence-corrected chi connectivity index (χ2v) is 33.9. The summed E-state index contributed by atoms with van der Waals surface area (Å²) in [5, 5.41) is 1.81. The lowest BCUT2D eigenvalue weighted by molar-refractivity contribution is -0.109. The zero-order valence-electron chi connectivity index (χ0n) is 12.2. The summed E-state index contributed by atoms with van der Waals surface area (Å²) in [5.74, 6) is 0. The van der Waals surface area contributed by atoms with Crippen LogP contribution in [0.25, 0.3) is 0 Å². The number of allylic oxidation sites excluding steroid dienone is 2.